The van der Waals surface area contributed by atoms with Crippen LogP contribution in [0.2, 0.25) is 5.02 Å². The maximum atomic E-state index is 14.2. The van der Waals surface area contributed by atoms with Crippen LogP contribution >= 0.6 is 11.6 Å². The third-order valence-electron chi connectivity index (χ3n) is 6.06. The minimum atomic E-state index is -4.94. The molecule has 0 spiro atoms. The molecule has 9 nitrogen and oxygen atoms in total. The number of alkyl halides is 3. The first-order valence-electron chi connectivity index (χ1n) is 12.2. The molecule has 42 heavy (non-hydrogen) atoms. The van der Waals surface area contributed by atoms with Gasteiger partial charge in [-0.2, -0.15) is 13.2 Å². The van der Waals surface area contributed by atoms with Crippen molar-refractivity contribution >= 4 is 35.0 Å². The van der Waals surface area contributed by atoms with Crippen molar-refractivity contribution in [2.75, 3.05) is 5.32 Å². The maximum absolute atomic E-state index is 14.2. The highest BCUT2D eigenvalue weighted by molar-refractivity contribution is 6.31. The monoisotopic (exact) mass is 609 g/mol. The van der Waals surface area contributed by atoms with E-state index < -0.39 is 59.0 Å². The number of benzene rings is 2. The zero-order chi connectivity index (χ0) is 30.8. The number of rotatable bonds is 9. The highest BCUT2D eigenvalue weighted by Gasteiger charge is 2.33. The number of imidazole rings is 1. The van der Waals surface area contributed by atoms with Gasteiger partial charge in [-0.3, -0.25) is 14.4 Å². The molecule has 2 aromatic heterocycles. The molecule has 2 heterocycles. The predicted molar refractivity (Wildman–Crippen MR) is 139 cm³/mol. The number of ketones is 1. The standard InChI is InChI=1S/C27H21ClF5N5O4/c1-13(39)12-38-22(14(2)20-10-17(29)3-4-21(20)28)23(36-24(38)26(41)34-11-19-5-6-35-42-19)37-25(40)15-7-16(27(31,32)33)9-18(30)8-15/h3-10,14H,11-12H2,1-2H3,(H,34,41)(H,37,40)/t14-/m0/s1. The van der Waals surface area contributed by atoms with Crippen molar-refractivity contribution in [2.45, 2.75) is 39.0 Å². The van der Waals surface area contributed by atoms with Gasteiger partial charge >= 0.3 is 6.18 Å². The van der Waals surface area contributed by atoms with Crippen LogP contribution < -0.4 is 10.6 Å². The van der Waals surface area contributed by atoms with Crippen molar-refractivity contribution in [3.63, 3.8) is 0 Å². The van der Waals surface area contributed by atoms with Crippen molar-refractivity contribution in [3.05, 3.63) is 99.3 Å². The average molecular weight is 610 g/mol. The smallest absolute Gasteiger partial charge is 0.360 e. The molecule has 0 radical (unpaired) electrons. The molecule has 0 bridgehead atoms. The van der Waals surface area contributed by atoms with Crippen molar-refractivity contribution in [3.8, 4) is 0 Å². The largest absolute Gasteiger partial charge is 0.416 e. The number of hydrogen-bond donors (Lipinski definition) is 2. The van der Waals surface area contributed by atoms with Gasteiger partial charge in [0.1, 0.15) is 17.4 Å². The first-order valence-corrected chi connectivity index (χ1v) is 12.5. The topological polar surface area (TPSA) is 119 Å². The van der Waals surface area contributed by atoms with Gasteiger partial charge in [-0.05, 0) is 48.9 Å². The van der Waals surface area contributed by atoms with Gasteiger partial charge < -0.3 is 19.7 Å². The van der Waals surface area contributed by atoms with Crippen molar-refractivity contribution < 1.29 is 40.9 Å². The number of amides is 2. The van der Waals surface area contributed by atoms with Crippen molar-refractivity contribution in [2.24, 2.45) is 0 Å². The second-order valence-corrected chi connectivity index (χ2v) is 9.59. The number of nitrogens with one attached hydrogen (secondary N) is 2. The van der Waals surface area contributed by atoms with E-state index in [-0.39, 0.29) is 46.3 Å². The van der Waals surface area contributed by atoms with Crippen LogP contribution in [0.1, 0.15) is 63.3 Å². The third-order valence-corrected chi connectivity index (χ3v) is 6.40. The van der Waals surface area contributed by atoms with Crippen LogP contribution in [0.15, 0.2) is 53.2 Å². The lowest BCUT2D eigenvalue weighted by Gasteiger charge is -2.19. The normalized spacial score (nSPS) is 12.2. The Balaban J connectivity index is 1.83. The van der Waals surface area contributed by atoms with E-state index in [9.17, 15) is 36.3 Å². The van der Waals surface area contributed by atoms with E-state index in [2.05, 4.69) is 20.8 Å². The molecular formula is C27H21ClF5N5O4. The van der Waals surface area contributed by atoms with Crippen molar-refractivity contribution in [1.29, 1.82) is 0 Å². The van der Waals surface area contributed by atoms with Gasteiger partial charge in [0.15, 0.2) is 11.6 Å². The maximum Gasteiger partial charge on any atom is 0.416 e. The Bertz CT molecular complexity index is 1650. The fourth-order valence-electron chi connectivity index (χ4n) is 4.19. The first-order chi connectivity index (χ1) is 19.7. The summed E-state index contributed by atoms with van der Waals surface area (Å²) >= 11 is 6.31. The zero-order valence-electron chi connectivity index (χ0n) is 21.9. The van der Waals surface area contributed by atoms with E-state index >= 15 is 0 Å². The Morgan fingerprint density at radius 1 is 1.05 bits per heavy atom. The summed E-state index contributed by atoms with van der Waals surface area (Å²) in [7, 11) is 0. The molecule has 0 fully saturated rings. The van der Waals surface area contributed by atoms with Gasteiger partial charge in [-0.1, -0.05) is 23.7 Å². The minimum Gasteiger partial charge on any atom is -0.360 e. The Labute approximate surface area is 239 Å². The number of anilines is 1. The molecule has 0 aliphatic rings. The number of nitrogens with zero attached hydrogens (tertiary/aromatic N) is 3. The number of carbonyl (C=O) groups excluding carboxylic acids is 3. The fourth-order valence-corrected chi connectivity index (χ4v) is 4.47. The highest BCUT2D eigenvalue weighted by atomic mass is 35.5. The van der Waals surface area contributed by atoms with E-state index in [1.807, 2.05) is 0 Å². The second kappa shape index (κ2) is 12.1. The summed E-state index contributed by atoms with van der Waals surface area (Å²) in [6, 6.07) is 6.25. The predicted octanol–water partition coefficient (Wildman–Crippen LogP) is 5.74. The summed E-state index contributed by atoms with van der Waals surface area (Å²) in [4.78, 5) is 42.8. The Kier molecular flexibility index (Phi) is 8.75. The SMILES string of the molecule is CC(=O)Cn1c(C(=O)NCc2ccno2)nc(NC(=O)c2cc(F)cc(C(F)(F)F)c2)c1[C@@H](C)c1cc(F)ccc1Cl. The molecule has 4 aromatic rings. The lowest BCUT2D eigenvalue weighted by molar-refractivity contribution is -0.137. The second-order valence-electron chi connectivity index (χ2n) is 9.19. The molecule has 220 valence electrons. The van der Waals surface area contributed by atoms with Crippen molar-refractivity contribution in [1.82, 2.24) is 20.0 Å². The van der Waals surface area contributed by atoms with Crippen LogP contribution in [0.3, 0.4) is 0 Å². The lowest BCUT2D eigenvalue weighted by atomic mass is 9.96. The van der Waals surface area contributed by atoms with Gasteiger partial charge in [0, 0.05) is 22.6 Å². The van der Waals surface area contributed by atoms with Crippen LogP contribution in [0.25, 0.3) is 0 Å². The summed E-state index contributed by atoms with van der Waals surface area (Å²) in [6.45, 7) is 2.20. The molecule has 0 unspecified atom stereocenters. The van der Waals surface area contributed by atoms with E-state index in [1.54, 1.807) is 0 Å². The fraction of sp³-hybridized carbons (Fsp3) is 0.222. The summed E-state index contributed by atoms with van der Waals surface area (Å²) in [6.07, 6.45) is -3.59. The summed E-state index contributed by atoms with van der Waals surface area (Å²) in [5, 5.41) is 8.48. The lowest BCUT2D eigenvalue weighted by Crippen LogP contribution is -2.28. The molecule has 0 aliphatic heterocycles. The number of carbonyl (C=O) groups is 3. The van der Waals surface area contributed by atoms with E-state index in [0.29, 0.717) is 12.1 Å². The van der Waals surface area contributed by atoms with Crippen LogP contribution in [0.4, 0.5) is 27.8 Å². The average Bonchev–Trinajstić information content (AvgIpc) is 3.55. The quantitative estimate of drug-likeness (QED) is 0.234. The molecule has 15 heteroatoms. The number of aromatic nitrogens is 3. The van der Waals surface area contributed by atoms with E-state index in [1.165, 1.54) is 36.7 Å². The minimum absolute atomic E-state index is 0.00307. The Morgan fingerprint density at radius 2 is 1.79 bits per heavy atom. The molecule has 4 rings (SSSR count). The summed E-state index contributed by atoms with van der Waals surface area (Å²) in [5.41, 5.74) is -1.90. The summed E-state index contributed by atoms with van der Waals surface area (Å²) in [5.74, 6) is -5.79. The van der Waals surface area contributed by atoms with Gasteiger partial charge in [0.2, 0.25) is 5.82 Å². The molecule has 0 aliphatic carbocycles. The van der Waals surface area contributed by atoms with Gasteiger partial charge in [-0.25, -0.2) is 13.8 Å². The molecule has 0 saturated carbocycles. The van der Waals surface area contributed by atoms with Gasteiger partial charge in [0.25, 0.3) is 11.8 Å². The Morgan fingerprint density at radius 3 is 2.43 bits per heavy atom. The number of Topliss-reactive ketones (excluding diaryl/α,β-unsaturated/α-hetero) is 1. The zero-order valence-corrected chi connectivity index (χ0v) is 22.6. The number of hydrogen-bond acceptors (Lipinski definition) is 6. The van der Waals surface area contributed by atoms with Crippen LogP contribution in [-0.4, -0.2) is 32.3 Å². The van der Waals surface area contributed by atoms with Crippen LogP contribution in [0, 0.1) is 11.6 Å². The van der Waals surface area contributed by atoms with Gasteiger partial charge in [-0.15, -0.1) is 0 Å². The highest BCUT2D eigenvalue weighted by Crippen LogP contribution is 2.36. The van der Waals surface area contributed by atoms with E-state index in [0.717, 1.165) is 12.1 Å². The molecule has 2 aromatic carbocycles. The van der Waals surface area contributed by atoms with Gasteiger partial charge in [0.05, 0.1) is 30.5 Å². The molecule has 2 amide bonds. The summed E-state index contributed by atoms with van der Waals surface area (Å²) < 4.78 is 74.1. The molecule has 2 N–H and O–H groups in total. The van der Waals surface area contributed by atoms with Crippen LogP contribution in [0.5, 0.6) is 0 Å². The van der Waals surface area contributed by atoms with E-state index in [4.69, 9.17) is 16.1 Å². The van der Waals surface area contributed by atoms with Crippen LogP contribution in [-0.2, 0) is 24.1 Å². The molecule has 0 saturated heterocycles. The molecule has 1 atom stereocenters. The Hall–Kier alpha value is -4.59. The molecular weight excluding hydrogens is 589 g/mol. The first kappa shape index (κ1) is 30.4. The number of halogens is 6. The third kappa shape index (κ3) is 6.82.